The van der Waals surface area contributed by atoms with Gasteiger partial charge in [0.1, 0.15) is 0 Å². The Morgan fingerprint density at radius 2 is 2.33 bits per heavy atom. The maximum atomic E-state index is 10.6. The summed E-state index contributed by atoms with van der Waals surface area (Å²) in [5.74, 6) is -1.01. The number of thiol groups is 1. The van der Waals surface area contributed by atoms with E-state index >= 15 is 0 Å². The summed E-state index contributed by atoms with van der Waals surface area (Å²) in [6, 6.07) is 0. The Morgan fingerprint density at radius 3 is 2.67 bits per heavy atom. The van der Waals surface area contributed by atoms with Crippen LogP contribution in [-0.2, 0) is 4.79 Å². The van der Waals surface area contributed by atoms with Crippen molar-refractivity contribution in [3.63, 3.8) is 0 Å². The van der Waals surface area contributed by atoms with Crippen molar-refractivity contribution in [3.8, 4) is 0 Å². The topological polar surface area (TPSA) is 89.3 Å². The Hall–Kier alpha value is 0.259. The van der Waals surface area contributed by atoms with Crippen molar-refractivity contribution in [1.29, 1.82) is 0 Å². The summed E-state index contributed by atoms with van der Waals surface area (Å²) in [4.78, 5) is 10.6. The van der Waals surface area contributed by atoms with Crippen molar-refractivity contribution in [2.75, 3.05) is 6.54 Å². The molecule has 0 aromatic heterocycles. The average molecular weight is 257 g/mol. The first-order chi connectivity index (χ1) is 5.42. The zero-order valence-electron chi connectivity index (χ0n) is 6.86. The van der Waals surface area contributed by atoms with Gasteiger partial charge in [0.2, 0.25) is 0 Å². The molecule has 0 saturated heterocycles. The van der Waals surface area contributed by atoms with Crippen LogP contribution in [0.3, 0.4) is 0 Å². The molecule has 2 unspecified atom stereocenters. The predicted molar refractivity (Wildman–Crippen MR) is 52.6 cm³/mol. The molecule has 12 heavy (non-hydrogen) atoms. The van der Waals surface area contributed by atoms with E-state index in [1.807, 2.05) is 0 Å². The van der Waals surface area contributed by atoms with Crippen LogP contribution in [0.25, 0.3) is 0 Å². The van der Waals surface area contributed by atoms with Crippen molar-refractivity contribution in [1.82, 2.24) is 0 Å². The normalized spacial score (nSPS) is 18.3. The van der Waals surface area contributed by atoms with E-state index in [4.69, 9.17) is 16.6 Å². The van der Waals surface area contributed by atoms with E-state index in [1.54, 1.807) is 0 Å². The summed E-state index contributed by atoms with van der Waals surface area (Å²) >= 11 is 4.23. The van der Waals surface area contributed by atoms with Crippen molar-refractivity contribution in [3.05, 3.63) is 0 Å². The molecule has 0 aromatic rings. The molecule has 0 radical (unpaired) electrons. The van der Waals surface area contributed by atoms with Crippen LogP contribution < -0.4 is 11.5 Å². The summed E-state index contributed by atoms with van der Waals surface area (Å²) < 4.78 is -0.286. The molecular weight excluding hydrogens is 243 g/mol. The molecular formula is C6H14N2O2SSe. The fraction of sp³-hybridized carbons (Fsp3) is 0.833. The number of carbonyl (C=O) groups is 1. The Labute approximate surface area is 83.6 Å². The third kappa shape index (κ3) is 3.33. The molecule has 2 atom stereocenters. The third-order valence-corrected chi connectivity index (χ3v) is 5.36. The van der Waals surface area contributed by atoms with E-state index in [0.29, 0.717) is 6.54 Å². The van der Waals surface area contributed by atoms with Gasteiger partial charge in [0.25, 0.3) is 0 Å². The van der Waals surface area contributed by atoms with Crippen LogP contribution in [0.5, 0.6) is 0 Å². The van der Waals surface area contributed by atoms with Gasteiger partial charge in [-0.15, -0.1) is 0 Å². The number of carboxylic acids is 1. The van der Waals surface area contributed by atoms with E-state index in [-0.39, 0.29) is 19.1 Å². The molecule has 0 aliphatic heterocycles. The molecule has 6 heteroatoms. The van der Waals surface area contributed by atoms with Gasteiger partial charge in [0, 0.05) is 0 Å². The summed E-state index contributed by atoms with van der Waals surface area (Å²) in [6.07, 6.45) is 0. The predicted octanol–water partition coefficient (Wildman–Crippen LogP) is -0.874. The van der Waals surface area contributed by atoms with E-state index in [0.717, 1.165) is 5.32 Å². The molecule has 0 saturated carbocycles. The molecule has 0 aliphatic carbocycles. The van der Waals surface area contributed by atoms with E-state index in [1.165, 1.54) is 6.92 Å². The van der Waals surface area contributed by atoms with Gasteiger partial charge >= 0.3 is 83.4 Å². The Balaban J connectivity index is 4.06. The number of rotatable bonds is 5. The quantitative estimate of drug-likeness (QED) is 0.380. The standard InChI is InChI=1S/C6H14N2O2SSe/c1-6(8,4(9)10)5(11)12-3-2-7/h5,11H,2-3,7-8H2,1H3,(H,9,10). The van der Waals surface area contributed by atoms with Gasteiger partial charge < -0.3 is 0 Å². The molecule has 72 valence electrons. The van der Waals surface area contributed by atoms with Crippen LogP contribution in [0.1, 0.15) is 6.92 Å². The van der Waals surface area contributed by atoms with Crippen LogP contribution in [0.2, 0.25) is 5.32 Å². The van der Waals surface area contributed by atoms with Gasteiger partial charge in [0.15, 0.2) is 0 Å². The molecule has 0 aromatic carbocycles. The van der Waals surface area contributed by atoms with Crippen molar-refractivity contribution >= 4 is 33.6 Å². The van der Waals surface area contributed by atoms with Crippen LogP contribution >= 0.6 is 12.6 Å². The summed E-state index contributed by atoms with van der Waals surface area (Å²) in [6.45, 7) is 2.04. The van der Waals surface area contributed by atoms with E-state index < -0.39 is 11.5 Å². The minimum atomic E-state index is -1.24. The Bertz CT molecular complexity index is 166. The molecule has 0 heterocycles. The average Bonchev–Trinajstić information content (AvgIpc) is 1.99. The zero-order valence-corrected chi connectivity index (χ0v) is 9.46. The van der Waals surface area contributed by atoms with Gasteiger partial charge in [-0.05, 0) is 0 Å². The maximum absolute atomic E-state index is 10.6. The summed E-state index contributed by atoms with van der Waals surface area (Å²) in [5.41, 5.74) is 9.59. The summed E-state index contributed by atoms with van der Waals surface area (Å²) in [7, 11) is 0. The summed E-state index contributed by atoms with van der Waals surface area (Å²) in [5, 5.41) is 9.52. The van der Waals surface area contributed by atoms with E-state index in [9.17, 15) is 4.79 Å². The van der Waals surface area contributed by atoms with Gasteiger partial charge in [-0.2, -0.15) is 0 Å². The number of carboxylic acid groups (broad SMARTS) is 1. The molecule has 0 fully saturated rings. The SMILES string of the molecule is CC(N)(C(=O)O)C(S)[Se]CCN. The van der Waals surface area contributed by atoms with Crippen LogP contribution in [-0.4, -0.2) is 42.3 Å². The first-order valence-electron chi connectivity index (χ1n) is 3.45. The molecule has 0 aliphatic rings. The van der Waals surface area contributed by atoms with Crippen molar-refractivity contribution in [2.24, 2.45) is 11.5 Å². The third-order valence-electron chi connectivity index (χ3n) is 1.37. The van der Waals surface area contributed by atoms with Crippen LogP contribution in [0.15, 0.2) is 0 Å². The van der Waals surface area contributed by atoms with Crippen molar-refractivity contribution < 1.29 is 9.90 Å². The number of nitrogens with two attached hydrogens (primary N) is 2. The van der Waals surface area contributed by atoms with E-state index in [2.05, 4.69) is 12.6 Å². The second-order valence-corrected chi connectivity index (χ2v) is 6.45. The first kappa shape index (κ1) is 12.3. The number of hydrogen-bond acceptors (Lipinski definition) is 4. The molecule has 0 bridgehead atoms. The molecule has 5 N–H and O–H groups in total. The van der Waals surface area contributed by atoms with Gasteiger partial charge in [0.05, 0.1) is 0 Å². The molecule has 0 rings (SSSR count). The van der Waals surface area contributed by atoms with Gasteiger partial charge in [-0.3, -0.25) is 0 Å². The molecule has 0 spiro atoms. The van der Waals surface area contributed by atoms with Crippen LogP contribution in [0, 0.1) is 0 Å². The molecule has 0 amide bonds. The Morgan fingerprint density at radius 1 is 1.83 bits per heavy atom. The van der Waals surface area contributed by atoms with Gasteiger partial charge in [-0.1, -0.05) is 0 Å². The molecule has 4 nitrogen and oxygen atoms in total. The van der Waals surface area contributed by atoms with Gasteiger partial charge in [-0.25, -0.2) is 0 Å². The Kier molecular flexibility index (Phi) is 5.20. The second kappa shape index (κ2) is 5.09. The van der Waals surface area contributed by atoms with Crippen LogP contribution in [0.4, 0.5) is 0 Å². The minimum absolute atomic E-state index is 0.0831. The first-order valence-corrected chi connectivity index (χ1v) is 6.16. The van der Waals surface area contributed by atoms with Crippen molar-refractivity contribution in [2.45, 2.75) is 21.9 Å². The fourth-order valence-corrected chi connectivity index (χ4v) is 2.81. The zero-order chi connectivity index (χ0) is 9.78. The number of hydrogen-bond donors (Lipinski definition) is 4. The number of aliphatic carboxylic acids is 1. The fourth-order valence-electron chi connectivity index (χ4n) is 0.458. The second-order valence-electron chi connectivity index (χ2n) is 2.60. The monoisotopic (exact) mass is 258 g/mol.